The number of nitro groups is 1. The molecule has 0 saturated carbocycles. The maximum absolute atomic E-state index is 11.2. The molecule has 0 saturated heterocycles. The number of aromatic amines is 1. The summed E-state index contributed by atoms with van der Waals surface area (Å²) in [6.07, 6.45) is 1.39. The highest BCUT2D eigenvalue weighted by Gasteiger charge is 2.22. The number of benzene rings is 1. The van der Waals surface area contributed by atoms with Gasteiger partial charge in [0.05, 0.1) is 17.6 Å². The van der Waals surface area contributed by atoms with E-state index in [4.69, 9.17) is 4.74 Å². The minimum absolute atomic E-state index is 0.0827. The lowest BCUT2D eigenvalue weighted by Gasteiger charge is -2.14. The highest BCUT2D eigenvalue weighted by molar-refractivity contribution is 5.68. The van der Waals surface area contributed by atoms with Crippen molar-refractivity contribution in [1.29, 1.82) is 0 Å². The molecule has 0 aliphatic carbocycles. The summed E-state index contributed by atoms with van der Waals surface area (Å²) in [4.78, 5) is 14.8. The standard InChI is InChI=1S/C12H15N5O3/c1-3-20-10-6-4-5-9(11(10)17(18)19)15-8(2)12-13-7-14-16-12/h4-8,15H,3H2,1-2H3,(H,13,14,16). The smallest absolute Gasteiger partial charge is 0.333 e. The molecule has 2 aromatic rings. The van der Waals surface area contributed by atoms with Crippen LogP contribution >= 0.6 is 0 Å². The predicted octanol–water partition coefficient (Wildman–Crippen LogP) is 2.28. The number of rotatable bonds is 6. The molecule has 0 amide bonds. The average molecular weight is 277 g/mol. The molecule has 8 heteroatoms. The Bertz CT molecular complexity index is 585. The second-order valence-corrected chi connectivity index (χ2v) is 4.08. The van der Waals surface area contributed by atoms with Gasteiger partial charge in [-0.2, -0.15) is 5.10 Å². The first kappa shape index (κ1) is 13.8. The predicted molar refractivity (Wildman–Crippen MR) is 72.7 cm³/mol. The van der Waals surface area contributed by atoms with Crippen LogP contribution < -0.4 is 10.1 Å². The number of H-pyrrole nitrogens is 1. The molecule has 0 radical (unpaired) electrons. The van der Waals surface area contributed by atoms with Gasteiger partial charge in [-0.3, -0.25) is 15.2 Å². The monoisotopic (exact) mass is 277 g/mol. The summed E-state index contributed by atoms with van der Waals surface area (Å²) in [7, 11) is 0. The van der Waals surface area contributed by atoms with E-state index in [1.54, 1.807) is 25.1 Å². The molecule has 1 heterocycles. The number of ether oxygens (including phenoxy) is 1. The second kappa shape index (κ2) is 6.00. The van der Waals surface area contributed by atoms with Gasteiger partial charge in [-0.05, 0) is 26.0 Å². The maximum atomic E-state index is 11.2. The van der Waals surface area contributed by atoms with E-state index in [-0.39, 0.29) is 17.5 Å². The lowest BCUT2D eigenvalue weighted by Crippen LogP contribution is -2.10. The molecule has 8 nitrogen and oxygen atoms in total. The summed E-state index contributed by atoms with van der Waals surface area (Å²) in [6, 6.07) is 4.67. The van der Waals surface area contributed by atoms with Gasteiger partial charge in [-0.25, -0.2) is 4.98 Å². The van der Waals surface area contributed by atoms with Crippen LogP contribution in [-0.4, -0.2) is 26.7 Å². The van der Waals surface area contributed by atoms with E-state index in [2.05, 4.69) is 20.5 Å². The number of para-hydroxylation sites is 1. The van der Waals surface area contributed by atoms with Gasteiger partial charge in [0.25, 0.3) is 0 Å². The molecule has 0 aliphatic heterocycles. The average Bonchev–Trinajstić information content (AvgIpc) is 2.92. The largest absolute Gasteiger partial charge is 0.487 e. The van der Waals surface area contributed by atoms with Crippen molar-refractivity contribution in [2.24, 2.45) is 0 Å². The third-order valence-corrected chi connectivity index (χ3v) is 2.70. The van der Waals surface area contributed by atoms with E-state index in [0.717, 1.165) is 0 Å². The first-order chi connectivity index (χ1) is 9.63. The number of hydrogen-bond donors (Lipinski definition) is 2. The SMILES string of the molecule is CCOc1cccc(NC(C)c2ncn[nH]2)c1[N+](=O)[O-]. The van der Waals surface area contributed by atoms with Gasteiger partial charge >= 0.3 is 5.69 Å². The first-order valence-electron chi connectivity index (χ1n) is 6.15. The first-order valence-corrected chi connectivity index (χ1v) is 6.15. The van der Waals surface area contributed by atoms with Gasteiger partial charge in [0.1, 0.15) is 17.8 Å². The molecule has 2 N–H and O–H groups in total. The third kappa shape index (κ3) is 2.85. The molecule has 0 spiro atoms. The summed E-state index contributed by atoms with van der Waals surface area (Å²) >= 11 is 0. The quantitative estimate of drug-likeness (QED) is 0.619. The zero-order chi connectivity index (χ0) is 14.5. The van der Waals surface area contributed by atoms with E-state index in [1.165, 1.54) is 6.33 Å². The van der Waals surface area contributed by atoms with E-state index >= 15 is 0 Å². The Labute approximate surface area is 115 Å². The van der Waals surface area contributed by atoms with Gasteiger partial charge in [0.15, 0.2) is 5.75 Å². The Morgan fingerprint density at radius 1 is 1.55 bits per heavy atom. The molecule has 1 unspecified atom stereocenters. The fourth-order valence-electron chi connectivity index (χ4n) is 1.82. The van der Waals surface area contributed by atoms with Crippen molar-refractivity contribution in [1.82, 2.24) is 15.2 Å². The number of hydrogen-bond acceptors (Lipinski definition) is 6. The molecule has 1 aromatic heterocycles. The molecule has 0 fully saturated rings. The fourth-order valence-corrected chi connectivity index (χ4v) is 1.82. The van der Waals surface area contributed by atoms with Crippen molar-refractivity contribution in [2.45, 2.75) is 19.9 Å². The highest BCUT2D eigenvalue weighted by Crippen LogP contribution is 2.36. The van der Waals surface area contributed by atoms with Gasteiger partial charge in [0.2, 0.25) is 0 Å². The van der Waals surface area contributed by atoms with Crippen LogP contribution in [0.2, 0.25) is 0 Å². The zero-order valence-corrected chi connectivity index (χ0v) is 11.2. The number of nitrogens with zero attached hydrogens (tertiary/aromatic N) is 3. The topological polar surface area (TPSA) is 106 Å². The molecule has 1 atom stereocenters. The van der Waals surface area contributed by atoms with Crippen LogP contribution in [0.1, 0.15) is 25.7 Å². The van der Waals surface area contributed by atoms with Crippen LogP contribution in [0.4, 0.5) is 11.4 Å². The molecular formula is C12H15N5O3. The Balaban J connectivity index is 2.31. The summed E-state index contributed by atoms with van der Waals surface area (Å²) in [5.41, 5.74) is 0.297. The molecule has 20 heavy (non-hydrogen) atoms. The van der Waals surface area contributed by atoms with Crippen molar-refractivity contribution in [3.05, 3.63) is 40.5 Å². The highest BCUT2D eigenvalue weighted by atomic mass is 16.6. The van der Waals surface area contributed by atoms with Crippen molar-refractivity contribution in [3.63, 3.8) is 0 Å². The zero-order valence-electron chi connectivity index (χ0n) is 11.2. The minimum atomic E-state index is -0.458. The summed E-state index contributed by atoms with van der Waals surface area (Å²) in [6.45, 7) is 3.97. The Morgan fingerprint density at radius 2 is 2.35 bits per heavy atom. The van der Waals surface area contributed by atoms with Gasteiger partial charge in [-0.1, -0.05) is 6.07 Å². The van der Waals surface area contributed by atoms with Crippen LogP contribution in [0, 0.1) is 10.1 Å². The van der Waals surface area contributed by atoms with Crippen molar-refractivity contribution in [3.8, 4) is 5.75 Å². The van der Waals surface area contributed by atoms with Crippen molar-refractivity contribution in [2.75, 3.05) is 11.9 Å². The number of anilines is 1. The lowest BCUT2D eigenvalue weighted by atomic mass is 10.2. The van der Waals surface area contributed by atoms with E-state index in [0.29, 0.717) is 18.1 Å². The second-order valence-electron chi connectivity index (χ2n) is 4.08. The summed E-state index contributed by atoms with van der Waals surface area (Å²) in [5, 5.41) is 20.7. The van der Waals surface area contributed by atoms with E-state index < -0.39 is 4.92 Å². The Morgan fingerprint density at radius 3 is 2.95 bits per heavy atom. The molecule has 0 bridgehead atoms. The normalized spacial score (nSPS) is 11.9. The summed E-state index contributed by atoms with van der Waals surface area (Å²) < 4.78 is 5.29. The van der Waals surface area contributed by atoms with Crippen molar-refractivity contribution < 1.29 is 9.66 Å². The van der Waals surface area contributed by atoms with Crippen LogP contribution in [0.15, 0.2) is 24.5 Å². The minimum Gasteiger partial charge on any atom is -0.487 e. The number of nitro benzene ring substituents is 1. The summed E-state index contributed by atoms with van der Waals surface area (Å²) in [5.74, 6) is 0.841. The van der Waals surface area contributed by atoms with E-state index in [9.17, 15) is 10.1 Å². The third-order valence-electron chi connectivity index (χ3n) is 2.70. The van der Waals surface area contributed by atoms with Gasteiger partial charge in [0, 0.05) is 0 Å². The van der Waals surface area contributed by atoms with Gasteiger partial charge < -0.3 is 10.1 Å². The van der Waals surface area contributed by atoms with Gasteiger partial charge in [-0.15, -0.1) is 0 Å². The Hall–Kier alpha value is -2.64. The Kier molecular flexibility index (Phi) is 4.14. The molecular weight excluding hydrogens is 262 g/mol. The van der Waals surface area contributed by atoms with Crippen LogP contribution in [0.25, 0.3) is 0 Å². The molecule has 1 aromatic carbocycles. The molecule has 106 valence electrons. The van der Waals surface area contributed by atoms with Crippen LogP contribution in [0.5, 0.6) is 5.75 Å². The number of aromatic nitrogens is 3. The van der Waals surface area contributed by atoms with Crippen LogP contribution in [0.3, 0.4) is 0 Å². The molecule has 2 rings (SSSR count). The fraction of sp³-hybridized carbons (Fsp3) is 0.333. The molecule has 0 aliphatic rings. The van der Waals surface area contributed by atoms with Crippen LogP contribution in [-0.2, 0) is 0 Å². The van der Waals surface area contributed by atoms with E-state index in [1.807, 2.05) is 6.92 Å². The maximum Gasteiger partial charge on any atom is 0.333 e. The lowest BCUT2D eigenvalue weighted by molar-refractivity contribution is -0.385. The number of nitrogens with one attached hydrogen (secondary N) is 2. The van der Waals surface area contributed by atoms with Crippen molar-refractivity contribution >= 4 is 11.4 Å².